The lowest BCUT2D eigenvalue weighted by Crippen LogP contribution is -2.43. The quantitative estimate of drug-likeness (QED) is 0.296. The number of allylic oxidation sites excluding steroid dienone is 1. The number of rotatable bonds is 12. The number of ether oxygens (including phenoxy) is 1. The van der Waals surface area contributed by atoms with Crippen molar-refractivity contribution >= 4 is 13.3 Å². The molecular formula is C25H36OSi. The standard InChI is InChI=1S/C25H36OSi/c1-4-5-6-11-17-25(27(2,3)24-18-12-8-13-19-24)20-14-21-26-22-23-15-9-7-10-16-23/h7-10,12-13,15-16,18-20H,4-6,11,14,17,21-22H2,1-3H3/b25-20+. The fourth-order valence-corrected chi connectivity index (χ4v) is 6.39. The predicted octanol–water partition coefficient (Wildman–Crippen LogP) is 6.64. The third-order valence-electron chi connectivity index (χ3n) is 5.36. The third-order valence-corrected chi connectivity index (χ3v) is 9.20. The van der Waals surface area contributed by atoms with Crippen LogP contribution in [-0.2, 0) is 11.3 Å². The van der Waals surface area contributed by atoms with Crippen molar-refractivity contribution in [3.8, 4) is 0 Å². The van der Waals surface area contributed by atoms with Crippen LogP contribution in [0.4, 0.5) is 0 Å². The Hall–Kier alpha value is -1.64. The molecule has 0 unspecified atom stereocenters. The third kappa shape index (κ3) is 7.47. The topological polar surface area (TPSA) is 9.23 Å². The minimum absolute atomic E-state index is 0.708. The first-order chi connectivity index (χ1) is 13.1. The molecule has 0 aromatic heterocycles. The van der Waals surface area contributed by atoms with E-state index in [1.54, 1.807) is 5.20 Å². The summed E-state index contributed by atoms with van der Waals surface area (Å²) in [4.78, 5) is 0. The Morgan fingerprint density at radius 1 is 0.889 bits per heavy atom. The highest BCUT2D eigenvalue weighted by molar-refractivity contribution is 6.95. The molecule has 0 amide bonds. The molecule has 27 heavy (non-hydrogen) atoms. The van der Waals surface area contributed by atoms with Gasteiger partial charge in [-0.2, -0.15) is 0 Å². The van der Waals surface area contributed by atoms with Gasteiger partial charge in [0.15, 0.2) is 0 Å². The zero-order chi connectivity index (χ0) is 19.4. The zero-order valence-corrected chi connectivity index (χ0v) is 18.4. The normalized spacial score (nSPS) is 12.3. The van der Waals surface area contributed by atoms with E-state index in [0.717, 1.165) is 13.0 Å². The van der Waals surface area contributed by atoms with Gasteiger partial charge in [0.2, 0.25) is 0 Å². The summed E-state index contributed by atoms with van der Waals surface area (Å²) in [5, 5.41) is 3.23. The van der Waals surface area contributed by atoms with E-state index in [1.165, 1.54) is 42.9 Å². The Morgan fingerprint density at radius 3 is 2.22 bits per heavy atom. The summed E-state index contributed by atoms with van der Waals surface area (Å²) in [6, 6.07) is 21.6. The van der Waals surface area contributed by atoms with Gasteiger partial charge in [-0.25, -0.2) is 0 Å². The molecule has 0 atom stereocenters. The highest BCUT2D eigenvalue weighted by Gasteiger charge is 2.27. The van der Waals surface area contributed by atoms with E-state index in [0.29, 0.717) is 6.61 Å². The molecule has 0 radical (unpaired) electrons. The summed E-state index contributed by atoms with van der Waals surface area (Å²) >= 11 is 0. The van der Waals surface area contributed by atoms with Gasteiger partial charge in [-0.05, 0) is 24.8 Å². The summed E-state index contributed by atoms with van der Waals surface area (Å²) in [7, 11) is -1.59. The molecule has 2 aromatic carbocycles. The van der Waals surface area contributed by atoms with Crippen molar-refractivity contribution in [2.45, 2.75) is 65.1 Å². The lowest BCUT2D eigenvalue weighted by atomic mass is 10.1. The molecule has 0 aliphatic rings. The summed E-state index contributed by atoms with van der Waals surface area (Å²) < 4.78 is 5.90. The fourth-order valence-electron chi connectivity index (χ4n) is 3.53. The Labute approximate surface area is 167 Å². The van der Waals surface area contributed by atoms with Gasteiger partial charge in [-0.1, -0.05) is 116 Å². The van der Waals surface area contributed by atoms with Crippen LogP contribution >= 0.6 is 0 Å². The highest BCUT2D eigenvalue weighted by Crippen LogP contribution is 2.22. The van der Waals surface area contributed by atoms with Crippen LogP contribution in [0.5, 0.6) is 0 Å². The van der Waals surface area contributed by atoms with Gasteiger partial charge in [0.05, 0.1) is 13.2 Å². The van der Waals surface area contributed by atoms with Gasteiger partial charge in [0, 0.05) is 0 Å². The minimum Gasteiger partial charge on any atom is -0.376 e. The number of hydrogen-bond acceptors (Lipinski definition) is 1. The number of benzene rings is 2. The summed E-state index contributed by atoms with van der Waals surface area (Å²) in [6.45, 7) is 8.79. The van der Waals surface area contributed by atoms with E-state index in [4.69, 9.17) is 4.74 Å². The first kappa shape index (κ1) is 21.7. The van der Waals surface area contributed by atoms with Gasteiger partial charge >= 0.3 is 0 Å². The van der Waals surface area contributed by atoms with Crippen LogP contribution in [-0.4, -0.2) is 14.7 Å². The molecule has 0 saturated carbocycles. The fraction of sp³-hybridized carbons (Fsp3) is 0.440. The molecule has 0 fully saturated rings. The van der Waals surface area contributed by atoms with Crippen molar-refractivity contribution in [2.24, 2.45) is 0 Å². The second-order valence-corrected chi connectivity index (χ2v) is 12.3. The zero-order valence-electron chi connectivity index (χ0n) is 17.4. The van der Waals surface area contributed by atoms with Gasteiger partial charge in [0.25, 0.3) is 0 Å². The van der Waals surface area contributed by atoms with Crippen LogP contribution in [0.15, 0.2) is 71.9 Å². The molecular weight excluding hydrogens is 344 g/mol. The molecule has 0 bridgehead atoms. The predicted molar refractivity (Wildman–Crippen MR) is 121 cm³/mol. The smallest absolute Gasteiger partial charge is 0.107 e. The monoisotopic (exact) mass is 380 g/mol. The van der Waals surface area contributed by atoms with Gasteiger partial charge in [-0.15, -0.1) is 0 Å². The molecule has 0 aliphatic carbocycles. The van der Waals surface area contributed by atoms with Crippen molar-refractivity contribution in [3.05, 3.63) is 77.5 Å². The van der Waals surface area contributed by atoms with Crippen LogP contribution in [0.1, 0.15) is 51.0 Å². The maximum absolute atomic E-state index is 5.90. The largest absolute Gasteiger partial charge is 0.376 e. The second kappa shape index (κ2) is 11.9. The Bertz CT molecular complexity index is 661. The average Bonchev–Trinajstić information content (AvgIpc) is 2.70. The van der Waals surface area contributed by atoms with E-state index in [1.807, 2.05) is 6.07 Å². The van der Waals surface area contributed by atoms with Crippen molar-refractivity contribution in [1.29, 1.82) is 0 Å². The van der Waals surface area contributed by atoms with Crippen molar-refractivity contribution in [2.75, 3.05) is 6.61 Å². The lowest BCUT2D eigenvalue weighted by Gasteiger charge is -2.27. The van der Waals surface area contributed by atoms with Crippen LogP contribution in [0, 0.1) is 0 Å². The van der Waals surface area contributed by atoms with E-state index in [2.05, 4.69) is 80.7 Å². The summed E-state index contributed by atoms with van der Waals surface area (Å²) in [5.41, 5.74) is 1.25. The van der Waals surface area contributed by atoms with Gasteiger partial charge in [-0.3, -0.25) is 0 Å². The molecule has 2 heteroatoms. The molecule has 1 nitrogen and oxygen atoms in total. The lowest BCUT2D eigenvalue weighted by molar-refractivity contribution is 0.125. The van der Waals surface area contributed by atoms with Gasteiger partial charge in [0.1, 0.15) is 8.07 Å². The van der Waals surface area contributed by atoms with Crippen LogP contribution in [0.3, 0.4) is 0 Å². The Morgan fingerprint density at radius 2 is 1.56 bits per heavy atom. The van der Waals surface area contributed by atoms with Crippen molar-refractivity contribution in [3.63, 3.8) is 0 Å². The molecule has 0 heterocycles. The molecule has 2 rings (SSSR count). The average molecular weight is 381 g/mol. The first-order valence-electron chi connectivity index (χ1n) is 10.5. The summed E-state index contributed by atoms with van der Waals surface area (Å²) in [5.74, 6) is 0. The molecule has 0 spiro atoms. The van der Waals surface area contributed by atoms with E-state index in [9.17, 15) is 0 Å². The number of unbranched alkanes of at least 4 members (excludes halogenated alkanes) is 3. The molecule has 0 aliphatic heterocycles. The van der Waals surface area contributed by atoms with Crippen LogP contribution in [0.25, 0.3) is 0 Å². The molecule has 0 N–H and O–H groups in total. The van der Waals surface area contributed by atoms with Crippen molar-refractivity contribution in [1.82, 2.24) is 0 Å². The Balaban J connectivity index is 1.95. The molecule has 146 valence electrons. The van der Waals surface area contributed by atoms with Gasteiger partial charge < -0.3 is 4.74 Å². The maximum Gasteiger partial charge on any atom is 0.107 e. The van der Waals surface area contributed by atoms with E-state index >= 15 is 0 Å². The van der Waals surface area contributed by atoms with Crippen molar-refractivity contribution < 1.29 is 4.74 Å². The van der Waals surface area contributed by atoms with E-state index < -0.39 is 8.07 Å². The maximum atomic E-state index is 5.90. The molecule has 0 saturated heterocycles. The number of hydrogen-bond donors (Lipinski definition) is 0. The Kier molecular flexibility index (Phi) is 9.58. The SMILES string of the molecule is CCCCCC/C(=C\CCOCc1ccccc1)[Si](C)(C)c1ccccc1. The second-order valence-electron chi connectivity index (χ2n) is 7.86. The van der Waals surface area contributed by atoms with Crippen LogP contribution in [0.2, 0.25) is 13.1 Å². The van der Waals surface area contributed by atoms with E-state index in [-0.39, 0.29) is 0 Å². The minimum atomic E-state index is -1.59. The summed E-state index contributed by atoms with van der Waals surface area (Å²) in [6.07, 6.45) is 10.1. The van der Waals surface area contributed by atoms with Crippen LogP contribution < -0.4 is 5.19 Å². The molecule has 2 aromatic rings. The highest BCUT2D eigenvalue weighted by atomic mass is 28.3. The first-order valence-corrected chi connectivity index (χ1v) is 13.5.